The van der Waals surface area contributed by atoms with E-state index in [-0.39, 0.29) is 11.4 Å². The minimum absolute atomic E-state index is 0.104. The number of nitrogens with zero attached hydrogens (tertiary/aromatic N) is 1. The van der Waals surface area contributed by atoms with Gasteiger partial charge in [-0.2, -0.15) is 0 Å². The first kappa shape index (κ1) is 14.5. The second-order valence-electron chi connectivity index (χ2n) is 5.69. The molecule has 0 saturated heterocycles. The molecule has 3 N–H and O–H groups in total. The molecule has 0 atom stereocenters. The number of hydrogen-bond acceptors (Lipinski definition) is 3. The molecule has 1 fully saturated rings. The number of carbonyl (C=O) groups excluding carboxylic acids is 1. The van der Waals surface area contributed by atoms with Crippen molar-refractivity contribution in [2.45, 2.75) is 45.6 Å². The average molecular weight is 241 g/mol. The van der Waals surface area contributed by atoms with Gasteiger partial charge in [0.15, 0.2) is 0 Å². The Morgan fingerprint density at radius 2 is 2.12 bits per heavy atom. The van der Waals surface area contributed by atoms with Gasteiger partial charge in [0.2, 0.25) is 5.91 Å². The zero-order chi connectivity index (χ0) is 12.9. The molecule has 17 heavy (non-hydrogen) atoms. The van der Waals surface area contributed by atoms with Crippen LogP contribution in [0.15, 0.2) is 0 Å². The van der Waals surface area contributed by atoms with E-state index in [2.05, 4.69) is 31.0 Å². The van der Waals surface area contributed by atoms with Crippen LogP contribution >= 0.6 is 0 Å². The maximum absolute atomic E-state index is 11.8. The van der Waals surface area contributed by atoms with Crippen molar-refractivity contribution in [2.75, 3.05) is 26.2 Å². The number of nitrogens with one attached hydrogen (secondary N) is 1. The fourth-order valence-corrected chi connectivity index (χ4v) is 1.80. The van der Waals surface area contributed by atoms with Crippen molar-refractivity contribution >= 4 is 5.91 Å². The molecule has 0 aromatic rings. The van der Waals surface area contributed by atoms with Gasteiger partial charge in [-0.05, 0) is 45.6 Å². The Hall–Kier alpha value is -0.610. The summed E-state index contributed by atoms with van der Waals surface area (Å²) in [6.07, 6.45) is 3.58. The summed E-state index contributed by atoms with van der Waals surface area (Å²) >= 11 is 0. The molecule has 0 spiro atoms. The lowest BCUT2D eigenvalue weighted by Crippen LogP contribution is -2.53. The van der Waals surface area contributed by atoms with Gasteiger partial charge in [-0.3, -0.25) is 9.69 Å². The van der Waals surface area contributed by atoms with E-state index in [0.29, 0.717) is 13.1 Å². The first-order valence-electron chi connectivity index (χ1n) is 6.71. The van der Waals surface area contributed by atoms with Gasteiger partial charge >= 0.3 is 0 Å². The zero-order valence-corrected chi connectivity index (χ0v) is 11.5. The molecule has 1 amide bonds. The van der Waals surface area contributed by atoms with Crippen molar-refractivity contribution in [3.05, 3.63) is 0 Å². The number of rotatable bonds is 8. The van der Waals surface area contributed by atoms with Crippen molar-refractivity contribution in [1.29, 1.82) is 0 Å². The molecule has 100 valence electrons. The van der Waals surface area contributed by atoms with E-state index in [9.17, 15) is 4.79 Å². The number of hydrogen-bond donors (Lipinski definition) is 2. The molecule has 1 saturated carbocycles. The lowest BCUT2D eigenvalue weighted by Gasteiger charge is -2.37. The standard InChI is InChI=1S/C13H27N3O/c1-4-7-16(13(2,3)10-14)9-12(17)15-8-11-5-6-11/h11H,4-10,14H2,1-3H3,(H,15,17). The molecular weight excluding hydrogens is 214 g/mol. The van der Waals surface area contributed by atoms with Crippen LogP contribution < -0.4 is 11.1 Å². The summed E-state index contributed by atoms with van der Waals surface area (Å²) in [4.78, 5) is 14.0. The van der Waals surface area contributed by atoms with Gasteiger partial charge < -0.3 is 11.1 Å². The second kappa shape index (κ2) is 6.36. The Morgan fingerprint density at radius 1 is 1.47 bits per heavy atom. The van der Waals surface area contributed by atoms with Crippen LogP contribution in [0.1, 0.15) is 40.0 Å². The summed E-state index contributed by atoms with van der Waals surface area (Å²) in [5.74, 6) is 0.868. The summed E-state index contributed by atoms with van der Waals surface area (Å²) in [7, 11) is 0. The second-order valence-corrected chi connectivity index (χ2v) is 5.69. The third-order valence-corrected chi connectivity index (χ3v) is 3.47. The van der Waals surface area contributed by atoms with Crippen molar-refractivity contribution in [3.63, 3.8) is 0 Å². The Balaban J connectivity index is 2.38. The lowest BCUT2D eigenvalue weighted by atomic mass is 10.0. The summed E-state index contributed by atoms with van der Waals surface area (Å²) in [6, 6.07) is 0. The van der Waals surface area contributed by atoms with E-state index in [1.54, 1.807) is 0 Å². The van der Waals surface area contributed by atoms with Crippen LogP contribution in [0.4, 0.5) is 0 Å². The van der Waals surface area contributed by atoms with E-state index in [1.807, 2.05) is 0 Å². The van der Waals surface area contributed by atoms with Gasteiger partial charge in [-0.15, -0.1) is 0 Å². The van der Waals surface area contributed by atoms with Crippen molar-refractivity contribution in [3.8, 4) is 0 Å². The average Bonchev–Trinajstić information content (AvgIpc) is 3.09. The van der Waals surface area contributed by atoms with Gasteiger partial charge in [0.25, 0.3) is 0 Å². The lowest BCUT2D eigenvalue weighted by molar-refractivity contribution is -0.123. The molecule has 0 heterocycles. The van der Waals surface area contributed by atoms with Crippen molar-refractivity contribution in [1.82, 2.24) is 10.2 Å². The van der Waals surface area contributed by atoms with Crippen LogP contribution in [-0.4, -0.2) is 42.5 Å². The zero-order valence-electron chi connectivity index (χ0n) is 11.5. The molecule has 0 aliphatic heterocycles. The van der Waals surface area contributed by atoms with Crippen molar-refractivity contribution in [2.24, 2.45) is 11.7 Å². The smallest absolute Gasteiger partial charge is 0.234 e. The van der Waals surface area contributed by atoms with Gasteiger partial charge in [-0.25, -0.2) is 0 Å². The molecule has 1 rings (SSSR count). The topological polar surface area (TPSA) is 58.4 Å². The van der Waals surface area contributed by atoms with Crippen LogP contribution in [0, 0.1) is 5.92 Å². The van der Waals surface area contributed by atoms with Gasteiger partial charge in [0, 0.05) is 18.6 Å². The van der Waals surface area contributed by atoms with Crippen LogP contribution in [0.2, 0.25) is 0 Å². The highest BCUT2D eigenvalue weighted by Crippen LogP contribution is 2.27. The fraction of sp³-hybridized carbons (Fsp3) is 0.923. The fourth-order valence-electron chi connectivity index (χ4n) is 1.80. The van der Waals surface area contributed by atoms with E-state index < -0.39 is 0 Å². The van der Waals surface area contributed by atoms with Gasteiger partial charge in [0.1, 0.15) is 0 Å². The maximum atomic E-state index is 11.8. The highest BCUT2D eigenvalue weighted by Gasteiger charge is 2.27. The molecule has 0 aromatic carbocycles. The molecule has 0 radical (unpaired) electrons. The monoisotopic (exact) mass is 241 g/mol. The Morgan fingerprint density at radius 3 is 2.59 bits per heavy atom. The van der Waals surface area contributed by atoms with E-state index in [4.69, 9.17) is 5.73 Å². The highest BCUT2D eigenvalue weighted by atomic mass is 16.2. The minimum atomic E-state index is -0.104. The SMILES string of the molecule is CCCN(CC(=O)NCC1CC1)C(C)(C)CN. The molecule has 4 heteroatoms. The summed E-state index contributed by atoms with van der Waals surface area (Å²) in [5, 5.41) is 3.01. The predicted molar refractivity (Wildman–Crippen MR) is 70.7 cm³/mol. The van der Waals surface area contributed by atoms with Crippen LogP contribution in [0.25, 0.3) is 0 Å². The molecule has 0 bridgehead atoms. The van der Waals surface area contributed by atoms with Crippen LogP contribution in [0.5, 0.6) is 0 Å². The normalized spacial score (nSPS) is 16.3. The highest BCUT2D eigenvalue weighted by molar-refractivity contribution is 5.78. The van der Waals surface area contributed by atoms with E-state index >= 15 is 0 Å². The Labute approximate surface area is 105 Å². The molecule has 0 aromatic heterocycles. The van der Waals surface area contributed by atoms with Gasteiger partial charge in [-0.1, -0.05) is 6.92 Å². The summed E-state index contributed by atoms with van der Waals surface area (Å²) < 4.78 is 0. The third-order valence-electron chi connectivity index (χ3n) is 3.47. The first-order valence-corrected chi connectivity index (χ1v) is 6.71. The Kier molecular flexibility index (Phi) is 5.40. The minimum Gasteiger partial charge on any atom is -0.355 e. The van der Waals surface area contributed by atoms with Crippen LogP contribution in [0.3, 0.4) is 0 Å². The maximum Gasteiger partial charge on any atom is 0.234 e. The Bertz CT molecular complexity index is 249. The van der Waals surface area contributed by atoms with E-state index in [0.717, 1.165) is 25.4 Å². The molecular formula is C13H27N3O. The van der Waals surface area contributed by atoms with Crippen molar-refractivity contribution < 1.29 is 4.79 Å². The molecule has 1 aliphatic carbocycles. The number of carbonyl (C=O) groups is 1. The largest absolute Gasteiger partial charge is 0.355 e. The molecule has 4 nitrogen and oxygen atoms in total. The van der Waals surface area contributed by atoms with Crippen LogP contribution in [-0.2, 0) is 4.79 Å². The summed E-state index contributed by atoms with van der Waals surface area (Å²) in [6.45, 7) is 9.12. The third kappa shape index (κ3) is 5.04. The van der Waals surface area contributed by atoms with E-state index in [1.165, 1.54) is 12.8 Å². The summed E-state index contributed by atoms with van der Waals surface area (Å²) in [5.41, 5.74) is 5.67. The van der Waals surface area contributed by atoms with Gasteiger partial charge in [0.05, 0.1) is 6.54 Å². The quantitative estimate of drug-likeness (QED) is 0.665. The first-order chi connectivity index (χ1) is 7.99. The predicted octanol–water partition coefficient (Wildman–Crippen LogP) is 0.962. The number of nitrogens with two attached hydrogens (primary N) is 1. The molecule has 1 aliphatic rings. The number of amides is 1. The molecule has 0 unspecified atom stereocenters.